The number of benzene rings is 2. The van der Waals surface area contributed by atoms with E-state index >= 15 is 0 Å². The van der Waals surface area contributed by atoms with E-state index in [1.807, 2.05) is 19.2 Å². The third-order valence-corrected chi connectivity index (χ3v) is 4.70. The lowest BCUT2D eigenvalue weighted by Crippen LogP contribution is -1.92. The molecule has 0 aliphatic rings. The molecule has 0 radical (unpaired) electrons. The van der Waals surface area contributed by atoms with Crippen LogP contribution < -0.4 is 0 Å². The molecule has 0 bridgehead atoms. The van der Waals surface area contributed by atoms with Gasteiger partial charge in [-0.3, -0.25) is 0 Å². The van der Waals surface area contributed by atoms with E-state index in [2.05, 4.69) is 53.1 Å². The molecule has 1 aromatic heterocycles. The first-order valence-corrected chi connectivity index (χ1v) is 7.30. The quantitative estimate of drug-likeness (QED) is 0.589. The average Bonchev–Trinajstić information content (AvgIpc) is 2.77. The average molecular weight is 283 g/mol. The molecule has 0 spiro atoms. The molecule has 2 aromatic carbocycles. The SMILES string of the molecule is Cn1c(-c2ccccc2)c(-c2ccccc2)sc1=S. The van der Waals surface area contributed by atoms with Crippen LogP contribution in [-0.4, -0.2) is 4.57 Å². The molecule has 3 aromatic rings. The van der Waals surface area contributed by atoms with Crippen LogP contribution in [0.25, 0.3) is 21.7 Å². The highest BCUT2D eigenvalue weighted by atomic mass is 32.1. The highest BCUT2D eigenvalue weighted by Gasteiger charge is 2.13. The number of hydrogen-bond donors (Lipinski definition) is 0. The van der Waals surface area contributed by atoms with Gasteiger partial charge in [-0.25, -0.2) is 0 Å². The molecule has 3 rings (SSSR count). The zero-order chi connectivity index (χ0) is 13.2. The van der Waals surface area contributed by atoms with Crippen LogP contribution in [-0.2, 0) is 7.05 Å². The van der Waals surface area contributed by atoms with E-state index in [1.54, 1.807) is 11.3 Å². The number of hydrogen-bond acceptors (Lipinski definition) is 2. The van der Waals surface area contributed by atoms with Gasteiger partial charge in [0, 0.05) is 7.05 Å². The fourth-order valence-corrected chi connectivity index (χ4v) is 3.50. The molecule has 0 fully saturated rings. The van der Waals surface area contributed by atoms with E-state index in [-0.39, 0.29) is 0 Å². The first-order valence-electron chi connectivity index (χ1n) is 6.08. The molecule has 0 saturated carbocycles. The molecule has 94 valence electrons. The highest BCUT2D eigenvalue weighted by Crippen LogP contribution is 2.36. The second-order valence-electron chi connectivity index (χ2n) is 4.34. The van der Waals surface area contributed by atoms with Gasteiger partial charge in [0.1, 0.15) is 0 Å². The second kappa shape index (κ2) is 5.11. The predicted octanol–water partition coefficient (Wildman–Crippen LogP) is 5.15. The Morgan fingerprint density at radius 1 is 0.842 bits per heavy atom. The maximum absolute atomic E-state index is 5.44. The molecule has 1 heterocycles. The summed E-state index contributed by atoms with van der Waals surface area (Å²) in [5.41, 5.74) is 3.62. The Morgan fingerprint density at radius 2 is 1.37 bits per heavy atom. The van der Waals surface area contributed by atoms with Crippen LogP contribution in [0.3, 0.4) is 0 Å². The third-order valence-electron chi connectivity index (χ3n) is 3.10. The normalized spacial score (nSPS) is 10.6. The summed E-state index contributed by atoms with van der Waals surface area (Å²) in [4.78, 5) is 1.24. The summed E-state index contributed by atoms with van der Waals surface area (Å²) in [6.45, 7) is 0. The molecule has 1 nitrogen and oxygen atoms in total. The number of rotatable bonds is 2. The number of thiazole rings is 1. The summed E-state index contributed by atoms with van der Waals surface area (Å²) in [5.74, 6) is 0. The van der Waals surface area contributed by atoms with Crippen LogP contribution in [0.15, 0.2) is 60.7 Å². The van der Waals surface area contributed by atoms with E-state index in [4.69, 9.17) is 12.2 Å². The van der Waals surface area contributed by atoms with Gasteiger partial charge in [0.15, 0.2) is 3.95 Å². The van der Waals surface area contributed by atoms with Crippen molar-refractivity contribution in [1.29, 1.82) is 0 Å². The minimum Gasteiger partial charge on any atom is -0.326 e. The Bertz CT molecular complexity index is 739. The Morgan fingerprint density at radius 3 is 1.95 bits per heavy atom. The van der Waals surface area contributed by atoms with Crippen molar-refractivity contribution in [2.45, 2.75) is 0 Å². The molecule has 3 heteroatoms. The Balaban J connectivity index is 2.28. The Hall–Kier alpha value is -1.71. The van der Waals surface area contributed by atoms with E-state index < -0.39 is 0 Å². The van der Waals surface area contributed by atoms with Crippen molar-refractivity contribution in [1.82, 2.24) is 4.57 Å². The monoisotopic (exact) mass is 283 g/mol. The topological polar surface area (TPSA) is 4.93 Å². The van der Waals surface area contributed by atoms with Crippen LogP contribution in [0.5, 0.6) is 0 Å². The maximum Gasteiger partial charge on any atom is 0.161 e. The molecule has 0 atom stereocenters. The van der Waals surface area contributed by atoms with Gasteiger partial charge in [-0.2, -0.15) is 0 Å². The van der Waals surface area contributed by atoms with Gasteiger partial charge >= 0.3 is 0 Å². The van der Waals surface area contributed by atoms with Crippen molar-refractivity contribution in [3.8, 4) is 21.7 Å². The zero-order valence-electron chi connectivity index (χ0n) is 10.5. The number of aromatic nitrogens is 1. The molecule has 0 N–H and O–H groups in total. The largest absolute Gasteiger partial charge is 0.326 e. The smallest absolute Gasteiger partial charge is 0.161 e. The van der Waals surface area contributed by atoms with Crippen LogP contribution >= 0.6 is 23.6 Å². The summed E-state index contributed by atoms with van der Waals surface area (Å²) >= 11 is 7.11. The Kier molecular flexibility index (Phi) is 3.32. The zero-order valence-corrected chi connectivity index (χ0v) is 12.2. The molecule has 0 amide bonds. The maximum atomic E-state index is 5.44. The van der Waals surface area contributed by atoms with Crippen molar-refractivity contribution in [2.24, 2.45) is 7.05 Å². The van der Waals surface area contributed by atoms with Gasteiger partial charge in [-0.05, 0) is 23.3 Å². The van der Waals surface area contributed by atoms with Gasteiger partial charge in [-0.15, -0.1) is 11.3 Å². The molecule has 0 aliphatic carbocycles. The fraction of sp³-hybridized carbons (Fsp3) is 0.0625. The fourth-order valence-electron chi connectivity index (χ4n) is 2.15. The van der Waals surface area contributed by atoms with Crippen molar-refractivity contribution >= 4 is 23.6 Å². The molecule has 0 unspecified atom stereocenters. The van der Waals surface area contributed by atoms with E-state index in [9.17, 15) is 0 Å². The first kappa shape index (κ1) is 12.3. The molecule has 0 saturated heterocycles. The van der Waals surface area contributed by atoms with Gasteiger partial charge in [0.05, 0.1) is 10.6 Å². The summed E-state index contributed by atoms with van der Waals surface area (Å²) in [6, 6.07) is 20.8. The summed E-state index contributed by atoms with van der Waals surface area (Å²) < 4.78 is 3.00. The standard InChI is InChI=1S/C16H13NS2/c1-17-14(12-8-4-2-5-9-12)15(19-16(17)18)13-10-6-3-7-11-13/h2-11H,1H3. The lowest BCUT2D eigenvalue weighted by Gasteiger charge is -2.07. The first-order chi connectivity index (χ1) is 9.27. The van der Waals surface area contributed by atoms with Crippen molar-refractivity contribution in [2.75, 3.05) is 0 Å². The van der Waals surface area contributed by atoms with Crippen LogP contribution in [0.2, 0.25) is 0 Å². The minimum atomic E-state index is 0.901. The number of nitrogens with zero attached hydrogens (tertiary/aromatic N) is 1. The summed E-state index contributed by atoms with van der Waals surface area (Å²) in [5, 5.41) is 0. The predicted molar refractivity (Wildman–Crippen MR) is 85.0 cm³/mol. The van der Waals surface area contributed by atoms with Gasteiger partial charge in [-0.1, -0.05) is 60.7 Å². The Labute approximate surface area is 121 Å². The lowest BCUT2D eigenvalue weighted by molar-refractivity contribution is 0.930. The summed E-state index contributed by atoms with van der Waals surface area (Å²) in [6.07, 6.45) is 0. The van der Waals surface area contributed by atoms with Crippen LogP contribution in [0.1, 0.15) is 0 Å². The lowest BCUT2D eigenvalue weighted by atomic mass is 10.1. The summed E-state index contributed by atoms with van der Waals surface area (Å²) in [7, 11) is 2.04. The third kappa shape index (κ3) is 2.27. The molecule has 0 aliphatic heterocycles. The molecule has 19 heavy (non-hydrogen) atoms. The van der Waals surface area contributed by atoms with Gasteiger partial charge in [0.2, 0.25) is 0 Å². The molecular formula is C16H13NS2. The van der Waals surface area contributed by atoms with Crippen molar-refractivity contribution in [3.63, 3.8) is 0 Å². The van der Waals surface area contributed by atoms with Gasteiger partial charge in [0.25, 0.3) is 0 Å². The highest BCUT2D eigenvalue weighted by molar-refractivity contribution is 7.73. The van der Waals surface area contributed by atoms with Crippen LogP contribution in [0.4, 0.5) is 0 Å². The van der Waals surface area contributed by atoms with Crippen LogP contribution in [0, 0.1) is 3.95 Å². The van der Waals surface area contributed by atoms with E-state index in [1.165, 1.54) is 21.7 Å². The van der Waals surface area contributed by atoms with E-state index in [0.717, 1.165) is 3.95 Å². The second-order valence-corrected chi connectivity index (χ2v) is 5.98. The van der Waals surface area contributed by atoms with Crippen molar-refractivity contribution < 1.29 is 0 Å². The minimum absolute atomic E-state index is 0.901. The van der Waals surface area contributed by atoms with E-state index in [0.29, 0.717) is 0 Å². The molecular weight excluding hydrogens is 270 g/mol. The van der Waals surface area contributed by atoms with Gasteiger partial charge < -0.3 is 4.57 Å². The van der Waals surface area contributed by atoms with Crippen molar-refractivity contribution in [3.05, 3.63) is 64.6 Å².